The van der Waals surface area contributed by atoms with Crippen LogP contribution in [0.1, 0.15) is 30.4 Å². The monoisotopic (exact) mass is 326 g/mol. The first-order valence-corrected chi connectivity index (χ1v) is 7.41. The third-order valence-corrected chi connectivity index (χ3v) is 3.62. The van der Waals surface area contributed by atoms with Crippen LogP contribution in [-0.2, 0) is 17.8 Å². The number of unbranched alkanes of at least 4 members (excludes halogenated alkanes) is 1. The van der Waals surface area contributed by atoms with Crippen LogP contribution in [0.2, 0.25) is 0 Å². The molecule has 5 heteroatoms. The standard InChI is InChI=1S/C14H19BrN2O2/c15-12-7-10-4-6-19-14(10)11(8-12)9-17-13(18)3-1-2-5-16/h7-8H,1-6,9,16H2,(H,17,18). The van der Waals surface area contributed by atoms with Crippen LogP contribution in [0.15, 0.2) is 16.6 Å². The summed E-state index contributed by atoms with van der Waals surface area (Å²) in [6.07, 6.45) is 3.21. The van der Waals surface area contributed by atoms with Gasteiger partial charge in [0.15, 0.2) is 0 Å². The molecule has 0 fully saturated rings. The smallest absolute Gasteiger partial charge is 0.220 e. The number of carbonyl (C=O) groups is 1. The fraction of sp³-hybridized carbons (Fsp3) is 0.500. The van der Waals surface area contributed by atoms with E-state index in [4.69, 9.17) is 10.5 Å². The van der Waals surface area contributed by atoms with E-state index in [1.165, 1.54) is 5.56 Å². The highest BCUT2D eigenvalue weighted by Gasteiger charge is 2.17. The second-order valence-electron chi connectivity index (χ2n) is 4.67. The van der Waals surface area contributed by atoms with Gasteiger partial charge in [-0.25, -0.2) is 0 Å². The maximum absolute atomic E-state index is 11.7. The fourth-order valence-electron chi connectivity index (χ4n) is 2.19. The average molecular weight is 327 g/mol. The van der Waals surface area contributed by atoms with Crippen LogP contribution < -0.4 is 15.8 Å². The highest BCUT2D eigenvalue weighted by atomic mass is 79.9. The third kappa shape index (κ3) is 3.94. The summed E-state index contributed by atoms with van der Waals surface area (Å²) in [7, 11) is 0. The number of nitrogens with one attached hydrogen (secondary N) is 1. The normalized spacial score (nSPS) is 12.9. The Hall–Kier alpha value is -1.07. The zero-order valence-electron chi connectivity index (χ0n) is 10.9. The van der Waals surface area contributed by atoms with Crippen LogP contribution in [0.25, 0.3) is 0 Å². The zero-order chi connectivity index (χ0) is 13.7. The molecule has 1 heterocycles. The van der Waals surface area contributed by atoms with Crippen molar-refractivity contribution in [3.05, 3.63) is 27.7 Å². The maximum atomic E-state index is 11.7. The van der Waals surface area contributed by atoms with Crippen molar-refractivity contribution in [1.29, 1.82) is 0 Å². The molecule has 4 nitrogen and oxygen atoms in total. The predicted molar refractivity (Wildman–Crippen MR) is 78.1 cm³/mol. The molecule has 0 unspecified atom stereocenters. The molecule has 0 aliphatic carbocycles. The van der Waals surface area contributed by atoms with Gasteiger partial charge in [0, 0.05) is 29.4 Å². The molecule has 2 rings (SSSR count). The van der Waals surface area contributed by atoms with E-state index in [1.54, 1.807) is 0 Å². The number of amides is 1. The molecule has 0 spiro atoms. The van der Waals surface area contributed by atoms with Crippen molar-refractivity contribution in [2.45, 2.75) is 32.2 Å². The lowest BCUT2D eigenvalue weighted by Crippen LogP contribution is -2.22. The molecule has 1 aromatic carbocycles. The van der Waals surface area contributed by atoms with E-state index < -0.39 is 0 Å². The van der Waals surface area contributed by atoms with Gasteiger partial charge in [0.1, 0.15) is 5.75 Å². The van der Waals surface area contributed by atoms with E-state index in [-0.39, 0.29) is 5.91 Å². The lowest BCUT2D eigenvalue weighted by Gasteiger charge is -2.10. The average Bonchev–Trinajstić information content (AvgIpc) is 2.84. The zero-order valence-corrected chi connectivity index (χ0v) is 12.5. The molecule has 0 radical (unpaired) electrons. The fourth-order valence-corrected chi connectivity index (χ4v) is 2.74. The van der Waals surface area contributed by atoms with Gasteiger partial charge in [-0.05, 0) is 37.1 Å². The van der Waals surface area contributed by atoms with E-state index in [9.17, 15) is 4.79 Å². The topological polar surface area (TPSA) is 64.4 Å². The van der Waals surface area contributed by atoms with Gasteiger partial charge in [-0.3, -0.25) is 4.79 Å². The number of ether oxygens (including phenoxy) is 1. The van der Waals surface area contributed by atoms with E-state index in [0.717, 1.165) is 41.7 Å². The molecule has 104 valence electrons. The molecule has 1 amide bonds. The molecule has 0 bridgehead atoms. The number of halogens is 1. The molecule has 0 aromatic heterocycles. The van der Waals surface area contributed by atoms with Gasteiger partial charge >= 0.3 is 0 Å². The summed E-state index contributed by atoms with van der Waals surface area (Å²) < 4.78 is 6.66. The Labute approximate surface area is 121 Å². The van der Waals surface area contributed by atoms with Crippen molar-refractivity contribution in [3.63, 3.8) is 0 Å². The van der Waals surface area contributed by atoms with E-state index in [0.29, 0.717) is 19.5 Å². The summed E-state index contributed by atoms with van der Waals surface area (Å²) in [5.74, 6) is 1.01. The van der Waals surface area contributed by atoms with E-state index in [2.05, 4.69) is 27.3 Å². The van der Waals surface area contributed by atoms with Crippen molar-refractivity contribution in [2.24, 2.45) is 5.73 Å². The van der Waals surface area contributed by atoms with Crippen molar-refractivity contribution in [1.82, 2.24) is 5.32 Å². The van der Waals surface area contributed by atoms with Gasteiger partial charge in [0.25, 0.3) is 0 Å². The number of rotatable bonds is 6. The lowest BCUT2D eigenvalue weighted by atomic mass is 10.1. The number of benzene rings is 1. The number of nitrogens with two attached hydrogens (primary N) is 1. The van der Waals surface area contributed by atoms with E-state index in [1.807, 2.05) is 6.07 Å². The molecule has 1 aromatic rings. The van der Waals surface area contributed by atoms with Gasteiger partial charge < -0.3 is 15.8 Å². The summed E-state index contributed by atoms with van der Waals surface area (Å²) >= 11 is 3.49. The highest BCUT2D eigenvalue weighted by molar-refractivity contribution is 9.10. The number of carbonyl (C=O) groups excluding carboxylic acids is 1. The molecular formula is C14H19BrN2O2. The van der Waals surface area contributed by atoms with Crippen molar-refractivity contribution >= 4 is 21.8 Å². The predicted octanol–water partition coefficient (Wildman–Crippen LogP) is 2.13. The Kier molecular flexibility index (Phi) is 5.22. The van der Waals surface area contributed by atoms with Gasteiger partial charge in [-0.2, -0.15) is 0 Å². The molecule has 0 saturated heterocycles. The second-order valence-corrected chi connectivity index (χ2v) is 5.59. The quantitative estimate of drug-likeness (QED) is 0.787. The Balaban J connectivity index is 1.91. The Morgan fingerprint density at radius 2 is 2.26 bits per heavy atom. The van der Waals surface area contributed by atoms with Gasteiger partial charge in [0.05, 0.1) is 6.61 Å². The molecule has 0 atom stereocenters. The number of fused-ring (bicyclic) bond motifs is 1. The molecule has 3 N–H and O–H groups in total. The largest absolute Gasteiger partial charge is 0.493 e. The minimum atomic E-state index is 0.0696. The first-order valence-electron chi connectivity index (χ1n) is 6.61. The van der Waals surface area contributed by atoms with Crippen LogP contribution >= 0.6 is 15.9 Å². The lowest BCUT2D eigenvalue weighted by molar-refractivity contribution is -0.121. The highest BCUT2D eigenvalue weighted by Crippen LogP contribution is 2.32. The summed E-state index contributed by atoms with van der Waals surface area (Å²) in [5.41, 5.74) is 7.65. The second kappa shape index (κ2) is 6.91. The first kappa shape index (κ1) is 14.3. The molecule has 1 aliphatic heterocycles. The van der Waals surface area contributed by atoms with Crippen molar-refractivity contribution in [2.75, 3.05) is 13.2 Å². The summed E-state index contributed by atoms with van der Waals surface area (Å²) in [4.78, 5) is 11.7. The van der Waals surface area contributed by atoms with Crippen LogP contribution in [0.4, 0.5) is 0 Å². The molecule has 19 heavy (non-hydrogen) atoms. The van der Waals surface area contributed by atoms with Crippen LogP contribution in [0.5, 0.6) is 5.75 Å². The van der Waals surface area contributed by atoms with Crippen molar-refractivity contribution < 1.29 is 9.53 Å². The van der Waals surface area contributed by atoms with Gasteiger partial charge in [-0.15, -0.1) is 0 Å². The summed E-state index contributed by atoms with van der Waals surface area (Å²) in [6, 6.07) is 4.08. The first-order chi connectivity index (χ1) is 9.20. The van der Waals surface area contributed by atoms with Gasteiger partial charge in [-0.1, -0.05) is 15.9 Å². The Morgan fingerprint density at radius 3 is 3.05 bits per heavy atom. The molecule has 1 aliphatic rings. The minimum Gasteiger partial charge on any atom is -0.493 e. The molecule has 0 saturated carbocycles. The van der Waals surface area contributed by atoms with Crippen molar-refractivity contribution in [3.8, 4) is 5.75 Å². The Bertz CT molecular complexity index is 463. The number of hydrogen-bond acceptors (Lipinski definition) is 3. The SMILES string of the molecule is NCCCCC(=O)NCc1cc(Br)cc2c1OCC2. The van der Waals surface area contributed by atoms with Crippen LogP contribution in [0, 0.1) is 0 Å². The summed E-state index contributed by atoms with van der Waals surface area (Å²) in [6.45, 7) is 1.88. The van der Waals surface area contributed by atoms with Gasteiger partial charge in [0.2, 0.25) is 5.91 Å². The Morgan fingerprint density at radius 1 is 1.42 bits per heavy atom. The van der Waals surface area contributed by atoms with Crippen LogP contribution in [0.3, 0.4) is 0 Å². The summed E-state index contributed by atoms with van der Waals surface area (Å²) in [5, 5.41) is 2.93. The number of hydrogen-bond donors (Lipinski definition) is 2. The minimum absolute atomic E-state index is 0.0696. The maximum Gasteiger partial charge on any atom is 0.220 e. The third-order valence-electron chi connectivity index (χ3n) is 3.16. The van der Waals surface area contributed by atoms with Crippen LogP contribution in [-0.4, -0.2) is 19.1 Å². The molecular weight excluding hydrogens is 308 g/mol. The van der Waals surface area contributed by atoms with E-state index >= 15 is 0 Å².